The Labute approximate surface area is 174 Å². The van der Waals surface area contributed by atoms with Crippen LogP contribution in [0.4, 0.5) is 5.69 Å². The number of benzene rings is 1. The van der Waals surface area contributed by atoms with Crippen LogP contribution in [0.25, 0.3) is 0 Å². The van der Waals surface area contributed by atoms with Crippen molar-refractivity contribution in [3.05, 3.63) is 72.5 Å². The average molecular weight is 435 g/mol. The lowest BCUT2D eigenvalue weighted by atomic mass is 10.0. The second kappa shape index (κ2) is 7.66. The SMILES string of the molecule is CC1(C)O[C@@H]2[C@H](O1)[C@@H](CO)O[C@H]2n1cc(C(O)c2ccc([N+](=O)[O-])cc2)c(=O)[nH]c1=O. The van der Waals surface area contributed by atoms with E-state index in [-0.39, 0.29) is 23.4 Å². The molecule has 0 radical (unpaired) electrons. The lowest BCUT2D eigenvalue weighted by molar-refractivity contribution is -0.384. The fourth-order valence-electron chi connectivity index (χ4n) is 3.87. The van der Waals surface area contributed by atoms with Crippen LogP contribution >= 0.6 is 0 Å². The molecule has 0 spiro atoms. The minimum atomic E-state index is -1.46. The van der Waals surface area contributed by atoms with Gasteiger partial charge in [-0.15, -0.1) is 0 Å². The number of nitro groups is 1. The Hall–Kier alpha value is -2.90. The van der Waals surface area contributed by atoms with Crippen LogP contribution in [0.2, 0.25) is 0 Å². The summed E-state index contributed by atoms with van der Waals surface area (Å²) < 4.78 is 18.4. The summed E-state index contributed by atoms with van der Waals surface area (Å²) in [6, 6.07) is 5.03. The third-order valence-electron chi connectivity index (χ3n) is 5.29. The van der Waals surface area contributed by atoms with Crippen LogP contribution in [0.15, 0.2) is 40.1 Å². The minimum absolute atomic E-state index is 0.167. The Balaban J connectivity index is 1.71. The van der Waals surface area contributed by atoms with Gasteiger partial charge < -0.3 is 24.4 Å². The van der Waals surface area contributed by atoms with Crippen LogP contribution in [0.1, 0.15) is 37.3 Å². The number of fused-ring (bicyclic) bond motifs is 1. The van der Waals surface area contributed by atoms with Crippen LogP contribution in [-0.4, -0.2) is 55.4 Å². The molecule has 1 unspecified atom stereocenters. The highest BCUT2D eigenvalue weighted by molar-refractivity contribution is 5.36. The number of non-ortho nitro benzene ring substituents is 1. The molecular formula is C19H21N3O9. The number of hydrogen-bond acceptors (Lipinski definition) is 9. The van der Waals surface area contributed by atoms with Gasteiger partial charge in [0, 0.05) is 18.3 Å². The molecule has 12 nitrogen and oxygen atoms in total. The third-order valence-corrected chi connectivity index (χ3v) is 5.29. The van der Waals surface area contributed by atoms with Gasteiger partial charge in [-0.25, -0.2) is 4.79 Å². The summed E-state index contributed by atoms with van der Waals surface area (Å²) in [5.41, 5.74) is -1.72. The van der Waals surface area contributed by atoms with E-state index >= 15 is 0 Å². The molecule has 12 heteroatoms. The molecular weight excluding hydrogens is 414 g/mol. The number of H-pyrrole nitrogens is 1. The highest BCUT2D eigenvalue weighted by Gasteiger charge is 2.56. The molecule has 2 saturated heterocycles. The lowest BCUT2D eigenvalue weighted by Gasteiger charge is -2.24. The third kappa shape index (κ3) is 3.79. The number of aliphatic hydroxyl groups is 2. The Morgan fingerprint density at radius 3 is 2.48 bits per heavy atom. The van der Waals surface area contributed by atoms with Crippen molar-refractivity contribution in [2.75, 3.05) is 6.61 Å². The van der Waals surface area contributed by atoms with Gasteiger partial charge in [0.05, 0.1) is 17.1 Å². The first kappa shape index (κ1) is 21.3. The van der Waals surface area contributed by atoms with Gasteiger partial charge in [-0.3, -0.25) is 24.5 Å². The van der Waals surface area contributed by atoms with Crippen molar-refractivity contribution < 1.29 is 29.3 Å². The quantitative estimate of drug-likeness (QED) is 0.430. The molecule has 5 atom stereocenters. The summed E-state index contributed by atoms with van der Waals surface area (Å²) in [4.78, 5) is 37.3. The summed E-state index contributed by atoms with van der Waals surface area (Å²) in [5.74, 6) is -0.961. The summed E-state index contributed by atoms with van der Waals surface area (Å²) in [6.07, 6.45) is -3.44. The maximum atomic E-state index is 12.5. The van der Waals surface area contributed by atoms with Crippen molar-refractivity contribution in [2.24, 2.45) is 0 Å². The average Bonchev–Trinajstić information content (AvgIpc) is 3.20. The molecule has 2 aromatic rings. The molecule has 2 fully saturated rings. The first-order valence-corrected chi connectivity index (χ1v) is 9.51. The van der Waals surface area contributed by atoms with E-state index in [1.165, 1.54) is 24.3 Å². The maximum Gasteiger partial charge on any atom is 0.330 e. The van der Waals surface area contributed by atoms with Crippen LogP contribution in [0.3, 0.4) is 0 Å². The van der Waals surface area contributed by atoms with Gasteiger partial charge >= 0.3 is 5.69 Å². The minimum Gasteiger partial charge on any atom is -0.394 e. The van der Waals surface area contributed by atoms with Gasteiger partial charge in [-0.2, -0.15) is 0 Å². The predicted octanol–water partition coefficient (Wildman–Crippen LogP) is -0.0637. The zero-order valence-electron chi connectivity index (χ0n) is 16.6. The van der Waals surface area contributed by atoms with E-state index in [0.717, 1.165) is 10.8 Å². The normalized spacial score (nSPS) is 27.7. The first-order chi connectivity index (χ1) is 14.6. The lowest BCUT2D eigenvalue weighted by Crippen LogP contribution is -2.39. The van der Waals surface area contributed by atoms with Crippen molar-refractivity contribution in [3.63, 3.8) is 0 Å². The molecule has 1 aromatic carbocycles. The zero-order valence-corrected chi connectivity index (χ0v) is 16.6. The number of rotatable bonds is 5. The number of aromatic amines is 1. The number of aliphatic hydroxyl groups excluding tert-OH is 2. The molecule has 31 heavy (non-hydrogen) atoms. The molecule has 4 rings (SSSR count). The van der Waals surface area contributed by atoms with E-state index in [1.54, 1.807) is 13.8 Å². The summed E-state index contributed by atoms with van der Waals surface area (Å²) in [5, 5.41) is 31.1. The Kier molecular flexibility index (Phi) is 5.27. The van der Waals surface area contributed by atoms with Gasteiger partial charge in [0.2, 0.25) is 0 Å². The van der Waals surface area contributed by atoms with Gasteiger partial charge in [0.15, 0.2) is 12.0 Å². The molecule has 0 aliphatic carbocycles. The van der Waals surface area contributed by atoms with Crippen LogP contribution < -0.4 is 11.2 Å². The van der Waals surface area contributed by atoms with E-state index in [1.807, 2.05) is 0 Å². The van der Waals surface area contributed by atoms with Gasteiger partial charge in [0.1, 0.15) is 24.4 Å². The van der Waals surface area contributed by atoms with Gasteiger partial charge in [0.25, 0.3) is 11.2 Å². The van der Waals surface area contributed by atoms with E-state index in [4.69, 9.17) is 14.2 Å². The summed E-state index contributed by atoms with van der Waals surface area (Å²) in [6.45, 7) is 3.01. The maximum absolute atomic E-state index is 12.5. The van der Waals surface area contributed by atoms with Crippen molar-refractivity contribution in [3.8, 4) is 0 Å². The number of nitro benzene ring substituents is 1. The summed E-state index contributed by atoms with van der Waals surface area (Å²) in [7, 11) is 0. The predicted molar refractivity (Wildman–Crippen MR) is 103 cm³/mol. The van der Waals surface area contributed by atoms with Gasteiger partial charge in [-0.05, 0) is 31.5 Å². The van der Waals surface area contributed by atoms with Crippen LogP contribution in [-0.2, 0) is 14.2 Å². The van der Waals surface area contributed by atoms with Crippen molar-refractivity contribution in [1.82, 2.24) is 9.55 Å². The standard InChI is InChI=1S/C19H21N3O9/c1-19(2)30-14-12(8-23)29-17(15(14)31-19)21-7-11(16(25)20-18(21)26)13(24)9-3-5-10(6-4-9)22(27)28/h3-7,12-15,17,23-24H,8H2,1-2H3,(H,20,25,26)/t12-,13?,14-,15-,17-/m1/s1. The number of aromatic nitrogens is 2. The fraction of sp³-hybridized carbons (Fsp3) is 0.474. The smallest absolute Gasteiger partial charge is 0.330 e. The van der Waals surface area contributed by atoms with E-state index in [2.05, 4.69) is 4.98 Å². The topological polar surface area (TPSA) is 166 Å². The Bertz CT molecular complexity index is 1110. The van der Waals surface area contributed by atoms with Crippen molar-refractivity contribution >= 4 is 5.69 Å². The largest absolute Gasteiger partial charge is 0.394 e. The monoisotopic (exact) mass is 435 g/mol. The molecule has 0 saturated carbocycles. The van der Waals surface area contributed by atoms with E-state index in [0.29, 0.717) is 0 Å². The van der Waals surface area contributed by atoms with E-state index < -0.39 is 52.6 Å². The molecule has 3 heterocycles. The number of ether oxygens (including phenoxy) is 3. The zero-order chi connectivity index (χ0) is 22.5. The van der Waals surface area contributed by atoms with Gasteiger partial charge in [-0.1, -0.05) is 0 Å². The molecule has 2 aliphatic heterocycles. The van der Waals surface area contributed by atoms with Crippen molar-refractivity contribution in [2.45, 2.75) is 50.3 Å². The second-order valence-corrected chi connectivity index (χ2v) is 7.81. The Morgan fingerprint density at radius 1 is 1.23 bits per heavy atom. The molecule has 0 bridgehead atoms. The highest BCUT2D eigenvalue weighted by Crippen LogP contribution is 2.42. The molecule has 166 valence electrons. The first-order valence-electron chi connectivity index (χ1n) is 9.51. The number of hydrogen-bond donors (Lipinski definition) is 3. The molecule has 0 amide bonds. The second-order valence-electron chi connectivity index (χ2n) is 7.81. The van der Waals surface area contributed by atoms with Crippen molar-refractivity contribution in [1.29, 1.82) is 0 Å². The number of nitrogens with one attached hydrogen (secondary N) is 1. The fourth-order valence-corrected chi connectivity index (χ4v) is 3.87. The Morgan fingerprint density at radius 2 is 1.87 bits per heavy atom. The molecule has 2 aliphatic rings. The molecule has 3 N–H and O–H groups in total. The van der Waals surface area contributed by atoms with E-state index in [9.17, 15) is 29.9 Å². The summed E-state index contributed by atoms with van der Waals surface area (Å²) >= 11 is 0. The number of nitrogens with zero attached hydrogens (tertiary/aromatic N) is 2. The molecule has 1 aromatic heterocycles. The van der Waals surface area contributed by atoms with Crippen LogP contribution in [0, 0.1) is 10.1 Å². The van der Waals surface area contributed by atoms with Crippen LogP contribution in [0.5, 0.6) is 0 Å². The highest BCUT2D eigenvalue weighted by atomic mass is 16.8.